The van der Waals surface area contributed by atoms with Crippen molar-refractivity contribution in [2.45, 2.75) is 22.6 Å². The lowest BCUT2D eigenvalue weighted by atomic mass is 10.1. The van der Waals surface area contributed by atoms with E-state index in [-0.39, 0.29) is 17.1 Å². The van der Waals surface area contributed by atoms with Gasteiger partial charge in [-0.1, -0.05) is 23.9 Å². The molecule has 0 bridgehead atoms. The zero-order chi connectivity index (χ0) is 12.3. The number of nitrogens with zero attached hydrogens (tertiary/aromatic N) is 2. The Morgan fingerprint density at radius 2 is 2.29 bits per heavy atom. The van der Waals surface area contributed by atoms with Crippen LogP contribution in [0.2, 0.25) is 0 Å². The van der Waals surface area contributed by atoms with Gasteiger partial charge in [0.15, 0.2) is 4.34 Å². The lowest BCUT2D eigenvalue weighted by Gasteiger charge is -2.19. The van der Waals surface area contributed by atoms with Gasteiger partial charge in [-0.15, -0.1) is 0 Å². The number of nitrogens with two attached hydrogens (primary N) is 1. The van der Waals surface area contributed by atoms with Crippen molar-refractivity contribution in [3.8, 4) is 0 Å². The SMILES string of the molecule is CC(N)C(Sc1ncns1)c1cccc(F)c1. The maximum Gasteiger partial charge on any atom is 0.170 e. The molecule has 2 unspecified atom stereocenters. The molecular formula is C11H12FN3S2. The molecule has 3 nitrogen and oxygen atoms in total. The molecule has 0 fully saturated rings. The molecule has 1 aromatic heterocycles. The van der Waals surface area contributed by atoms with Gasteiger partial charge in [0.1, 0.15) is 12.1 Å². The van der Waals surface area contributed by atoms with Crippen molar-refractivity contribution < 1.29 is 4.39 Å². The van der Waals surface area contributed by atoms with Crippen LogP contribution in [0.5, 0.6) is 0 Å². The molecule has 2 aromatic rings. The summed E-state index contributed by atoms with van der Waals surface area (Å²) < 4.78 is 18.0. The minimum absolute atomic E-state index is 0.0151. The number of rotatable bonds is 4. The normalized spacial score (nSPS) is 14.5. The second-order valence-electron chi connectivity index (χ2n) is 3.66. The molecule has 0 radical (unpaired) electrons. The summed E-state index contributed by atoms with van der Waals surface area (Å²) >= 11 is 2.84. The van der Waals surface area contributed by atoms with Crippen LogP contribution < -0.4 is 5.73 Å². The second kappa shape index (κ2) is 5.57. The zero-order valence-corrected chi connectivity index (χ0v) is 10.8. The molecule has 6 heteroatoms. The van der Waals surface area contributed by atoms with Crippen molar-refractivity contribution in [2.24, 2.45) is 5.73 Å². The summed E-state index contributed by atoms with van der Waals surface area (Å²) in [6.45, 7) is 1.91. The van der Waals surface area contributed by atoms with Crippen LogP contribution in [0.1, 0.15) is 17.7 Å². The van der Waals surface area contributed by atoms with Gasteiger partial charge in [-0.3, -0.25) is 0 Å². The first-order valence-electron chi connectivity index (χ1n) is 5.11. The van der Waals surface area contributed by atoms with E-state index in [9.17, 15) is 4.39 Å². The number of hydrogen-bond acceptors (Lipinski definition) is 5. The Kier molecular flexibility index (Phi) is 4.09. The fourth-order valence-electron chi connectivity index (χ4n) is 1.49. The molecule has 0 saturated heterocycles. The molecule has 1 heterocycles. The summed E-state index contributed by atoms with van der Waals surface area (Å²) in [5.74, 6) is -0.244. The third-order valence-corrected chi connectivity index (χ3v) is 4.46. The van der Waals surface area contributed by atoms with Crippen LogP contribution in [0.15, 0.2) is 34.9 Å². The van der Waals surface area contributed by atoms with E-state index in [2.05, 4.69) is 9.36 Å². The maximum absolute atomic E-state index is 13.2. The van der Waals surface area contributed by atoms with Gasteiger partial charge in [0.2, 0.25) is 0 Å². The fourth-order valence-corrected chi connectivity index (χ4v) is 3.20. The summed E-state index contributed by atoms with van der Waals surface area (Å²) in [6.07, 6.45) is 1.51. The Hall–Kier alpha value is -0.980. The molecule has 2 atom stereocenters. The quantitative estimate of drug-likeness (QED) is 0.867. The third-order valence-electron chi connectivity index (χ3n) is 2.22. The largest absolute Gasteiger partial charge is 0.327 e. The molecule has 0 aliphatic carbocycles. The molecule has 0 spiro atoms. The van der Waals surface area contributed by atoms with Gasteiger partial charge in [0.25, 0.3) is 0 Å². The van der Waals surface area contributed by atoms with Gasteiger partial charge in [0.05, 0.1) is 5.25 Å². The van der Waals surface area contributed by atoms with Gasteiger partial charge in [-0.2, -0.15) is 4.37 Å². The van der Waals surface area contributed by atoms with Crippen LogP contribution in [0.3, 0.4) is 0 Å². The van der Waals surface area contributed by atoms with Gasteiger partial charge in [0, 0.05) is 6.04 Å². The predicted molar refractivity (Wildman–Crippen MR) is 68.6 cm³/mol. The lowest BCUT2D eigenvalue weighted by Crippen LogP contribution is -2.22. The highest BCUT2D eigenvalue weighted by molar-refractivity contribution is 8.01. The highest BCUT2D eigenvalue weighted by Gasteiger charge is 2.19. The monoisotopic (exact) mass is 269 g/mol. The van der Waals surface area contributed by atoms with Gasteiger partial charge in [-0.05, 0) is 36.2 Å². The minimum Gasteiger partial charge on any atom is -0.327 e. The molecule has 0 aliphatic heterocycles. The smallest absolute Gasteiger partial charge is 0.170 e. The average Bonchev–Trinajstić information content (AvgIpc) is 2.78. The molecule has 17 heavy (non-hydrogen) atoms. The topological polar surface area (TPSA) is 51.8 Å². The Labute approximate surface area is 107 Å². The third kappa shape index (κ3) is 3.24. The zero-order valence-electron chi connectivity index (χ0n) is 9.21. The standard InChI is InChI=1S/C11H12FN3S2/c1-7(13)10(16-11-14-6-15-17-11)8-3-2-4-9(12)5-8/h2-7,10H,13H2,1H3. The van der Waals surface area contributed by atoms with Crippen molar-refractivity contribution in [2.75, 3.05) is 0 Å². The molecular weight excluding hydrogens is 257 g/mol. The number of thioether (sulfide) groups is 1. The molecule has 90 valence electrons. The number of halogens is 1. The summed E-state index contributed by atoms with van der Waals surface area (Å²) in [5.41, 5.74) is 6.82. The fraction of sp³-hybridized carbons (Fsp3) is 0.273. The van der Waals surface area contributed by atoms with Gasteiger partial charge in [-0.25, -0.2) is 9.37 Å². The molecule has 0 saturated carbocycles. The molecule has 1 aromatic carbocycles. The number of benzene rings is 1. The minimum atomic E-state index is -0.244. The maximum atomic E-state index is 13.2. The van der Waals surface area contributed by atoms with Crippen LogP contribution in [0, 0.1) is 5.82 Å². The predicted octanol–water partition coefficient (Wildman–Crippen LogP) is 2.86. The Bertz CT molecular complexity index is 473. The van der Waals surface area contributed by atoms with Crippen LogP contribution in [-0.4, -0.2) is 15.4 Å². The van der Waals surface area contributed by atoms with E-state index in [0.717, 1.165) is 9.90 Å². The van der Waals surface area contributed by atoms with Gasteiger partial charge >= 0.3 is 0 Å². The summed E-state index contributed by atoms with van der Waals surface area (Å²) in [6, 6.07) is 6.43. The highest BCUT2D eigenvalue weighted by Crippen LogP contribution is 2.37. The Balaban J connectivity index is 2.23. The first-order valence-corrected chi connectivity index (χ1v) is 6.76. The summed E-state index contributed by atoms with van der Waals surface area (Å²) in [7, 11) is 0. The van der Waals surface area contributed by atoms with E-state index < -0.39 is 0 Å². The first-order chi connectivity index (χ1) is 8.16. The van der Waals surface area contributed by atoms with Crippen molar-refractivity contribution in [3.05, 3.63) is 42.0 Å². The van der Waals surface area contributed by atoms with Crippen LogP contribution in [0.25, 0.3) is 0 Å². The van der Waals surface area contributed by atoms with Crippen LogP contribution >= 0.6 is 23.3 Å². The lowest BCUT2D eigenvalue weighted by molar-refractivity contribution is 0.622. The van der Waals surface area contributed by atoms with Crippen LogP contribution in [0.4, 0.5) is 4.39 Å². The van der Waals surface area contributed by atoms with E-state index in [1.807, 2.05) is 13.0 Å². The number of aromatic nitrogens is 2. The number of hydrogen-bond donors (Lipinski definition) is 1. The van der Waals surface area contributed by atoms with E-state index in [1.165, 1.54) is 41.8 Å². The summed E-state index contributed by atoms with van der Waals surface area (Å²) in [5, 5.41) is -0.0151. The molecule has 0 aliphatic rings. The first kappa shape index (κ1) is 12.5. The van der Waals surface area contributed by atoms with Crippen LogP contribution in [-0.2, 0) is 0 Å². The van der Waals surface area contributed by atoms with E-state index >= 15 is 0 Å². The highest BCUT2D eigenvalue weighted by atomic mass is 32.2. The molecule has 2 rings (SSSR count). The van der Waals surface area contributed by atoms with Crippen molar-refractivity contribution in [1.82, 2.24) is 9.36 Å². The molecule has 2 N–H and O–H groups in total. The van der Waals surface area contributed by atoms with E-state index in [1.54, 1.807) is 6.07 Å². The van der Waals surface area contributed by atoms with Gasteiger partial charge < -0.3 is 5.73 Å². The Morgan fingerprint density at radius 3 is 2.88 bits per heavy atom. The average molecular weight is 269 g/mol. The van der Waals surface area contributed by atoms with E-state index in [4.69, 9.17) is 5.73 Å². The van der Waals surface area contributed by atoms with Crippen molar-refractivity contribution in [3.63, 3.8) is 0 Å². The second-order valence-corrected chi connectivity index (χ2v) is 5.83. The van der Waals surface area contributed by atoms with E-state index in [0.29, 0.717) is 0 Å². The van der Waals surface area contributed by atoms with Crippen molar-refractivity contribution in [1.29, 1.82) is 0 Å². The molecule has 0 amide bonds. The summed E-state index contributed by atoms with van der Waals surface area (Å²) in [4.78, 5) is 4.11. The van der Waals surface area contributed by atoms with Crippen molar-refractivity contribution >= 4 is 23.3 Å². The Morgan fingerprint density at radius 1 is 1.47 bits per heavy atom.